The third-order valence-electron chi connectivity index (χ3n) is 4.48. The van der Waals surface area contributed by atoms with E-state index in [1.54, 1.807) is 47.4 Å². The smallest absolute Gasteiger partial charge is 0.255 e. The first-order chi connectivity index (χ1) is 13.7. The van der Waals surface area contributed by atoms with Crippen LogP contribution in [0.25, 0.3) is 0 Å². The van der Waals surface area contributed by atoms with Crippen molar-refractivity contribution in [3.05, 3.63) is 54.4 Å². The van der Waals surface area contributed by atoms with Crippen molar-refractivity contribution in [2.45, 2.75) is 19.1 Å². The van der Waals surface area contributed by atoms with E-state index >= 15 is 0 Å². The zero-order chi connectivity index (χ0) is 19.3. The molecule has 28 heavy (non-hydrogen) atoms. The lowest BCUT2D eigenvalue weighted by atomic mass is 10.2. The normalized spacial score (nSPS) is 16.2. The Hall–Kier alpha value is -3.56. The summed E-state index contributed by atoms with van der Waals surface area (Å²) in [6, 6.07) is 3.48. The fourth-order valence-corrected chi connectivity index (χ4v) is 3.02. The Morgan fingerprint density at radius 2 is 2.14 bits per heavy atom. The van der Waals surface area contributed by atoms with E-state index in [4.69, 9.17) is 9.47 Å². The summed E-state index contributed by atoms with van der Waals surface area (Å²) in [6.07, 6.45) is 8.87. The fourth-order valence-electron chi connectivity index (χ4n) is 3.02. The molecule has 1 atom stereocenters. The molecule has 10 heteroatoms. The highest BCUT2D eigenvalue weighted by Crippen LogP contribution is 2.23. The standard InChI is InChI=1S/C18H19N7O3/c1-27-16-3-2-13(8-21-16)18(26)24-7-4-15(11-24)25-10-14(22-23-25)12-28-17-9-19-5-6-20-17/h2-3,5-6,8-10,15H,4,7,11-12H2,1H3. The Morgan fingerprint density at radius 3 is 2.89 bits per heavy atom. The number of hydrogen-bond acceptors (Lipinski definition) is 8. The molecule has 3 aromatic rings. The van der Waals surface area contributed by atoms with Crippen molar-refractivity contribution in [2.24, 2.45) is 0 Å². The van der Waals surface area contributed by atoms with Crippen LogP contribution in [0, 0.1) is 0 Å². The van der Waals surface area contributed by atoms with Crippen LogP contribution in [0.4, 0.5) is 0 Å². The van der Waals surface area contributed by atoms with E-state index in [0.717, 1.165) is 6.42 Å². The number of carbonyl (C=O) groups excluding carboxylic acids is 1. The number of aromatic nitrogens is 6. The van der Waals surface area contributed by atoms with Gasteiger partial charge in [-0.2, -0.15) is 0 Å². The summed E-state index contributed by atoms with van der Waals surface area (Å²) in [7, 11) is 1.54. The molecule has 0 radical (unpaired) electrons. The highest BCUT2D eigenvalue weighted by molar-refractivity contribution is 5.94. The van der Waals surface area contributed by atoms with Crippen LogP contribution < -0.4 is 9.47 Å². The zero-order valence-electron chi connectivity index (χ0n) is 15.3. The van der Waals surface area contributed by atoms with Gasteiger partial charge in [0.25, 0.3) is 5.91 Å². The third kappa shape index (κ3) is 3.90. The molecule has 1 fully saturated rings. The van der Waals surface area contributed by atoms with Crippen LogP contribution >= 0.6 is 0 Å². The summed E-state index contributed by atoms with van der Waals surface area (Å²) in [4.78, 5) is 26.5. The van der Waals surface area contributed by atoms with Crippen LogP contribution in [0.2, 0.25) is 0 Å². The number of methoxy groups -OCH3 is 1. The highest BCUT2D eigenvalue weighted by Gasteiger charge is 2.29. The second-order valence-electron chi connectivity index (χ2n) is 6.31. The number of hydrogen-bond donors (Lipinski definition) is 0. The van der Waals surface area contributed by atoms with E-state index in [-0.39, 0.29) is 18.6 Å². The summed E-state index contributed by atoms with van der Waals surface area (Å²) in [6.45, 7) is 1.48. The van der Waals surface area contributed by atoms with E-state index in [1.165, 1.54) is 6.20 Å². The Bertz CT molecular complexity index is 930. The summed E-state index contributed by atoms with van der Waals surface area (Å²) in [5.74, 6) is 0.862. The number of likely N-dealkylation sites (tertiary alicyclic amines) is 1. The average molecular weight is 381 g/mol. The van der Waals surface area contributed by atoms with Gasteiger partial charge < -0.3 is 14.4 Å². The fraction of sp³-hybridized carbons (Fsp3) is 0.333. The molecule has 144 valence electrons. The Balaban J connectivity index is 1.35. The molecule has 1 saturated heterocycles. The monoisotopic (exact) mass is 381 g/mol. The first kappa shape index (κ1) is 17.8. The van der Waals surface area contributed by atoms with E-state index < -0.39 is 0 Å². The molecule has 10 nitrogen and oxygen atoms in total. The van der Waals surface area contributed by atoms with Gasteiger partial charge in [-0.25, -0.2) is 14.6 Å². The molecule has 3 aromatic heterocycles. The minimum Gasteiger partial charge on any atom is -0.481 e. The molecule has 1 amide bonds. The van der Waals surface area contributed by atoms with Crippen LogP contribution in [0.1, 0.15) is 28.5 Å². The zero-order valence-corrected chi connectivity index (χ0v) is 15.3. The van der Waals surface area contributed by atoms with Crippen LogP contribution in [0.3, 0.4) is 0 Å². The maximum absolute atomic E-state index is 12.7. The number of rotatable bonds is 6. The van der Waals surface area contributed by atoms with Gasteiger partial charge in [-0.1, -0.05) is 5.21 Å². The van der Waals surface area contributed by atoms with Crippen molar-refractivity contribution in [1.82, 2.24) is 34.8 Å². The SMILES string of the molecule is COc1ccc(C(=O)N2CCC(n3cc(COc4cnccn4)nn3)C2)cn1. The number of nitrogens with zero attached hydrogens (tertiary/aromatic N) is 7. The lowest BCUT2D eigenvalue weighted by Gasteiger charge is -2.16. The van der Waals surface area contributed by atoms with Crippen molar-refractivity contribution < 1.29 is 14.3 Å². The van der Waals surface area contributed by atoms with Crippen molar-refractivity contribution in [3.8, 4) is 11.8 Å². The number of amides is 1. The van der Waals surface area contributed by atoms with Crippen molar-refractivity contribution in [3.63, 3.8) is 0 Å². The lowest BCUT2D eigenvalue weighted by Crippen LogP contribution is -2.29. The molecular formula is C18H19N7O3. The van der Waals surface area contributed by atoms with Crippen LogP contribution in [0.15, 0.2) is 43.1 Å². The minimum atomic E-state index is -0.0519. The number of carbonyl (C=O) groups is 1. The van der Waals surface area contributed by atoms with E-state index in [0.29, 0.717) is 36.1 Å². The molecule has 4 rings (SSSR count). The number of pyridine rings is 1. The molecule has 1 aliphatic rings. The molecule has 1 unspecified atom stereocenters. The first-order valence-corrected chi connectivity index (χ1v) is 8.82. The van der Waals surface area contributed by atoms with Gasteiger partial charge in [0.15, 0.2) is 0 Å². The second kappa shape index (κ2) is 7.99. The quantitative estimate of drug-likeness (QED) is 0.625. The summed E-state index contributed by atoms with van der Waals surface area (Å²) in [5, 5.41) is 8.32. The van der Waals surface area contributed by atoms with Crippen molar-refractivity contribution >= 4 is 5.91 Å². The predicted molar refractivity (Wildman–Crippen MR) is 96.7 cm³/mol. The summed E-state index contributed by atoms with van der Waals surface area (Å²) >= 11 is 0. The van der Waals surface area contributed by atoms with Gasteiger partial charge in [0.1, 0.15) is 12.3 Å². The molecule has 0 spiro atoms. The van der Waals surface area contributed by atoms with Crippen molar-refractivity contribution in [2.75, 3.05) is 20.2 Å². The minimum absolute atomic E-state index is 0.0519. The average Bonchev–Trinajstić information content (AvgIpc) is 3.42. The van der Waals surface area contributed by atoms with E-state index in [1.807, 2.05) is 6.20 Å². The molecule has 1 aliphatic heterocycles. The Kier molecular flexibility index (Phi) is 5.09. The van der Waals surface area contributed by atoms with Gasteiger partial charge in [-0.05, 0) is 12.5 Å². The largest absolute Gasteiger partial charge is 0.481 e. The Morgan fingerprint density at radius 1 is 1.21 bits per heavy atom. The third-order valence-corrected chi connectivity index (χ3v) is 4.48. The van der Waals surface area contributed by atoms with Gasteiger partial charge in [0, 0.05) is 37.7 Å². The maximum Gasteiger partial charge on any atom is 0.255 e. The number of ether oxygens (including phenoxy) is 2. The molecule has 0 saturated carbocycles. The predicted octanol–water partition coefficient (Wildman–Crippen LogP) is 1.14. The first-order valence-electron chi connectivity index (χ1n) is 8.82. The van der Waals surface area contributed by atoms with Gasteiger partial charge in [0.05, 0.1) is 31.1 Å². The second-order valence-corrected chi connectivity index (χ2v) is 6.31. The maximum atomic E-state index is 12.7. The molecular weight excluding hydrogens is 362 g/mol. The van der Waals surface area contributed by atoms with Crippen molar-refractivity contribution in [1.29, 1.82) is 0 Å². The van der Waals surface area contributed by atoms with Gasteiger partial charge in [-0.3, -0.25) is 9.78 Å². The van der Waals surface area contributed by atoms with Crippen LogP contribution in [-0.2, 0) is 6.61 Å². The molecule has 0 aliphatic carbocycles. The summed E-state index contributed by atoms with van der Waals surface area (Å²) < 4.78 is 12.3. The van der Waals surface area contributed by atoms with Gasteiger partial charge in [-0.15, -0.1) is 5.10 Å². The van der Waals surface area contributed by atoms with Gasteiger partial charge in [0.2, 0.25) is 11.8 Å². The highest BCUT2D eigenvalue weighted by atomic mass is 16.5. The molecule has 0 aromatic carbocycles. The van der Waals surface area contributed by atoms with E-state index in [9.17, 15) is 4.79 Å². The van der Waals surface area contributed by atoms with Crippen LogP contribution in [0.5, 0.6) is 11.8 Å². The van der Waals surface area contributed by atoms with Gasteiger partial charge >= 0.3 is 0 Å². The Labute approximate surface area is 161 Å². The molecule has 0 bridgehead atoms. The topological polar surface area (TPSA) is 108 Å². The van der Waals surface area contributed by atoms with Crippen LogP contribution in [-0.4, -0.2) is 61.0 Å². The lowest BCUT2D eigenvalue weighted by molar-refractivity contribution is 0.0786. The van der Waals surface area contributed by atoms with E-state index in [2.05, 4.69) is 25.3 Å². The summed E-state index contributed by atoms with van der Waals surface area (Å²) in [5.41, 5.74) is 1.23. The molecule has 0 N–H and O–H groups in total. The molecule has 4 heterocycles.